The molecular weight excluding hydrogens is 540 g/mol. The van der Waals surface area contributed by atoms with Gasteiger partial charge in [0.25, 0.3) is 0 Å². The van der Waals surface area contributed by atoms with Crippen molar-refractivity contribution in [2.24, 2.45) is 0 Å². The van der Waals surface area contributed by atoms with Crippen molar-refractivity contribution in [3.63, 3.8) is 0 Å². The molecule has 2 aliphatic heterocycles. The van der Waals surface area contributed by atoms with Crippen molar-refractivity contribution in [2.45, 2.75) is 43.7 Å². The summed E-state index contributed by atoms with van der Waals surface area (Å²) in [6.07, 6.45) is 1.11. The molecule has 2 heterocycles. The quantitative estimate of drug-likeness (QED) is 0.320. The molecule has 1 fully saturated rings. The minimum absolute atomic E-state index is 0.0880. The summed E-state index contributed by atoms with van der Waals surface area (Å²) in [5, 5.41) is 6.66. The van der Waals surface area contributed by atoms with E-state index in [0.717, 1.165) is 11.1 Å². The number of fused-ring (bicyclic) bond motifs is 2. The molecule has 0 saturated carbocycles. The molecule has 0 unspecified atom stereocenters. The number of halogens is 3. The molecule has 3 aromatic carbocycles. The molecule has 5 rings (SSSR count). The summed E-state index contributed by atoms with van der Waals surface area (Å²) in [6.45, 7) is 3.89. The van der Waals surface area contributed by atoms with E-state index in [0.29, 0.717) is 60.2 Å². The number of nitrogens with one attached hydrogen (secondary N) is 2. The second kappa shape index (κ2) is 11.5. The van der Waals surface area contributed by atoms with Crippen LogP contribution in [0.2, 0.25) is 10.0 Å². The highest BCUT2D eigenvalue weighted by Gasteiger charge is 2.44. The number of likely N-dealkylation sites (tertiary alicyclic amines) is 1. The first kappa shape index (κ1) is 27.4. The average molecular weight is 570 g/mol. The molecular formula is C30H30Cl2FN3O3. The maximum atomic E-state index is 14.1. The number of rotatable bonds is 7. The van der Waals surface area contributed by atoms with Gasteiger partial charge in [-0.05, 0) is 61.3 Å². The predicted octanol–water partition coefficient (Wildman–Crippen LogP) is 7.04. The first-order valence-corrected chi connectivity index (χ1v) is 13.8. The van der Waals surface area contributed by atoms with Crippen LogP contribution >= 0.6 is 23.2 Å². The number of carbonyl (C=O) groups is 2. The molecule has 6 nitrogen and oxygen atoms in total. The molecule has 9 heteroatoms. The summed E-state index contributed by atoms with van der Waals surface area (Å²) in [7, 11) is 0. The fourth-order valence-electron chi connectivity index (χ4n) is 5.51. The van der Waals surface area contributed by atoms with Crippen LogP contribution in [-0.2, 0) is 15.1 Å². The summed E-state index contributed by atoms with van der Waals surface area (Å²) < 4.78 is 19.8. The number of piperidine rings is 1. The Labute approximate surface area is 237 Å². The van der Waals surface area contributed by atoms with Gasteiger partial charge in [-0.3, -0.25) is 10.1 Å². The number of benzene rings is 3. The SMILES string of the molecule is C[C@H](NC(=O)[C@H](CCN1CCC2(CC1)OC(=O)Nc1ccc(F)cc12)c1ccc(Cl)c(Cl)c1)c1ccccc1. The van der Waals surface area contributed by atoms with E-state index in [2.05, 4.69) is 15.5 Å². The lowest BCUT2D eigenvalue weighted by atomic mass is 9.82. The molecule has 204 valence electrons. The summed E-state index contributed by atoms with van der Waals surface area (Å²) >= 11 is 12.5. The molecule has 2 aliphatic rings. The summed E-state index contributed by atoms with van der Waals surface area (Å²) in [5.41, 5.74) is 2.22. The minimum Gasteiger partial charge on any atom is -0.438 e. The molecule has 0 radical (unpaired) electrons. The van der Waals surface area contributed by atoms with E-state index in [1.807, 2.05) is 43.3 Å². The number of amides is 2. The topological polar surface area (TPSA) is 70.7 Å². The van der Waals surface area contributed by atoms with E-state index < -0.39 is 17.6 Å². The van der Waals surface area contributed by atoms with Gasteiger partial charge in [0, 0.05) is 31.5 Å². The zero-order chi connectivity index (χ0) is 27.6. The Kier molecular flexibility index (Phi) is 8.12. The molecule has 1 saturated heterocycles. The van der Waals surface area contributed by atoms with Crippen molar-refractivity contribution in [3.05, 3.63) is 99.3 Å². The highest BCUT2D eigenvalue weighted by Crippen LogP contribution is 2.44. The van der Waals surface area contributed by atoms with E-state index in [4.69, 9.17) is 27.9 Å². The normalized spacial score (nSPS) is 18.0. The molecule has 0 aromatic heterocycles. The average Bonchev–Trinajstić information content (AvgIpc) is 2.92. The Morgan fingerprint density at radius 2 is 1.79 bits per heavy atom. The Balaban J connectivity index is 1.28. The zero-order valence-electron chi connectivity index (χ0n) is 21.6. The van der Waals surface area contributed by atoms with E-state index in [-0.39, 0.29) is 17.8 Å². The van der Waals surface area contributed by atoms with Crippen LogP contribution in [0.3, 0.4) is 0 Å². The number of carbonyl (C=O) groups excluding carboxylic acids is 2. The first-order valence-electron chi connectivity index (χ1n) is 13.1. The number of ether oxygens (including phenoxy) is 1. The van der Waals surface area contributed by atoms with Gasteiger partial charge < -0.3 is 15.0 Å². The third-order valence-corrected chi connectivity index (χ3v) is 8.45. The second-order valence-corrected chi connectivity index (χ2v) is 11.0. The first-order chi connectivity index (χ1) is 18.7. The highest BCUT2D eigenvalue weighted by molar-refractivity contribution is 6.42. The fourth-order valence-corrected chi connectivity index (χ4v) is 5.82. The number of hydrogen-bond donors (Lipinski definition) is 2. The zero-order valence-corrected chi connectivity index (χ0v) is 23.1. The third-order valence-electron chi connectivity index (χ3n) is 7.72. The van der Waals surface area contributed by atoms with Gasteiger partial charge in [0.1, 0.15) is 11.4 Å². The molecule has 2 N–H and O–H groups in total. The van der Waals surface area contributed by atoms with Gasteiger partial charge >= 0.3 is 6.09 Å². The van der Waals surface area contributed by atoms with Crippen LogP contribution in [0, 0.1) is 5.82 Å². The lowest BCUT2D eigenvalue weighted by molar-refractivity contribution is -0.123. The Hall–Kier alpha value is -3.13. The van der Waals surface area contributed by atoms with Crippen molar-refractivity contribution in [1.82, 2.24) is 10.2 Å². The lowest BCUT2D eigenvalue weighted by Gasteiger charge is -2.44. The third kappa shape index (κ3) is 6.06. The standard InChI is InChI=1S/C30H30Cl2FN3O3/c1-19(20-5-3-2-4-6-20)34-28(37)23(21-7-9-25(31)26(32)17-21)11-14-36-15-12-30(13-16-36)24-18-22(33)8-10-27(24)35-29(38)39-30/h2-10,17-19,23H,11-16H2,1H3,(H,34,37)(H,35,38)/t19-,23+/m0/s1. The molecule has 0 aliphatic carbocycles. The Morgan fingerprint density at radius 3 is 2.51 bits per heavy atom. The van der Waals surface area contributed by atoms with Crippen LogP contribution in [0.4, 0.5) is 14.9 Å². The van der Waals surface area contributed by atoms with Crippen LogP contribution in [0.5, 0.6) is 0 Å². The molecule has 39 heavy (non-hydrogen) atoms. The largest absolute Gasteiger partial charge is 0.438 e. The van der Waals surface area contributed by atoms with Gasteiger partial charge in [-0.1, -0.05) is 59.6 Å². The van der Waals surface area contributed by atoms with Gasteiger partial charge in [0.15, 0.2) is 0 Å². The number of nitrogens with zero attached hydrogens (tertiary/aromatic N) is 1. The summed E-state index contributed by atoms with van der Waals surface area (Å²) in [6, 6.07) is 19.3. The second-order valence-electron chi connectivity index (χ2n) is 10.2. The van der Waals surface area contributed by atoms with Crippen molar-refractivity contribution in [1.29, 1.82) is 0 Å². The number of hydrogen-bond acceptors (Lipinski definition) is 4. The molecule has 2 amide bonds. The smallest absolute Gasteiger partial charge is 0.412 e. The molecule has 0 bridgehead atoms. The number of anilines is 1. The predicted molar refractivity (Wildman–Crippen MR) is 151 cm³/mol. The van der Waals surface area contributed by atoms with Crippen LogP contribution in [-0.4, -0.2) is 36.5 Å². The maximum absolute atomic E-state index is 14.1. The van der Waals surface area contributed by atoms with Crippen LogP contribution in [0.1, 0.15) is 54.8 Å². The van der Waals surface area contributed by atoms with E-state index in [1.165, 1.54) is 12.1 Å². The van der Waals surface area contributed by atoms with E-state index in [9.17, 15) is 14.0 Å². The van der Waals surface area contributed by atoms with Crippen LogP contribution in [0.15, 0.2) is 66.7 Å². The Bertz CT molecular complexity index is 1360. The maximum Gasteiger partial charge on any atom is 0.412 e. The minimum atomic E-state index is -0.859. The van der Waals surface area contributed by atoms with Crippen LogP contribution in [0.25, 0.3) is 0 Å². The highest BCUT2D eigenvalue weighted by atomic mass is 35.5. The monoisotopic (exact) mass is 569 g/mol. The van der Waals surface area contributed by atoms with Gasteiger partial charge in [0.05, 0.1) is 27.7 Å². The molecule has 1 spiro atoms. The molecule has 3 aromatic rings. The summed E-state index contributed by atoms with van der Waals surface area (Å²) in [5.74, 6) is -0.890. The van der Waals surface area contributed by atoms with Crippen molar-refractivity contribution < 1.29 is 18.7 Å². The van der Waals surface area contributed by atoms with E-state index in [1.54, 1.807) is 18.2 Å². The van der Waals surface area contributed by atoms with Crippen molar-refractivity contribution in [2.75, 3.05) is 25.0 Å². The van der Waals surface area contributed by atoms with Gasteiger partial charge in [-0.15, -0.1) is 0 Å². The fraction of sp³-hybridized carbons (Fsp3) is 0.333. The van der Waals surface area contributed by atoms with Gasteiger partial charge in [-0.2, -0.15) is 0 Å². The molecule has 2 atom stereocenters. The summed E-state index contributed by atoms with van der Waals surface area (Å²) in [4.78, 5) is 28.0. The van der Waals surface area contributed by atoms with E-state index >= 15 is 0 Å². The van der Waals surface area contributed by atoms with Crippen molar-refractivity contribution in [3.8, 4) is 0 Å². The van der Waals surface area contributed by atoms with Gasteiger partial charge in [-0.25, -0.2) is 9.18 Å². The van der Waals surface area contributed by atoms with Crippen LogP contribution < -0.4 is 10.6 Å². The Morgan fingerprint density at radius 1 is 1.05 bits per heavy atom. The van der Waals surface area contributed by atoms with Crippen molar-refractivity contribution >= 4 is 40.9 Å². The lowest BCUT2D eigenvalue weighted by Crippen LogP contribution is -2.48. The van der Waals surface area contributed by atoms with Gasteiger partial charge in [0.2, 0.25) is 5.91 Å².